The number of likely N-dealkylation sites (tertiary alicyclic amines) is 1. The molecule has 0 N–H and O–H groups in total. The number of hydrogen-bond acceptors (Lipinski definition) is 6. The highest BCUT2D eigenvalue weighted by molar-refractivity contribution is 5.93. The van der Waals surface area contributed by atoms with E-state index in [1.165, 1.54) is 0 Å². The lowest BCUT2D eigenvalue weighted by Gasteiger charge is -2.30. The predicted molar refractivity (Wildman–Crippen MR) is 111 cm³/mol. The molecular weight excluding hydrogens is 382 g/mol. The number of methoxy groups -OCH3 is 2. The molecule has 1 aromatic rings. The first-order valence-corrected chi connectivity index (χ1v) is 9.39. The second kappa shape index (κ2) is 12.4. The molecule has 156 valence electrons. The summed E-state index contributed by atoms with van der Waals surface area (Å²) in [6, 6.07) is 5.53. The molecule has 0 bridgehead atoms. The van der Waals surface area contributed by atoms with Gasteiger partial charge < -0.3 is 19.1 Å². The lowest BCUT2D eigenvalue weighted by Crippen LogP contribution is -2.37. The highest BCUT2D eigenvalue weighted by atomic mass is 35.5. The van der Waals surface area contributed by atoms with E-state index in [2.05, 4.69) is 4.90 Å². The van der Waals surface area contributed by atoms with Crippen molar-refractivity contribution in [2.75, 3.05) is 40.5 Å². The van der Waals surface area contributed by atoms with Gasteiger partial charge in [-0.1, -0.05) is 12.1 Å². The molecule has 0 unspecified atom stereocenters. The van der Waals surface area contributed by atoms with E-state index in [1.807, 2.05) is 25.1 Å². The van der Waals surface area contributed by atoms with Gasteiger partial charge in [0.2, 0.25) is 0 Å². The number of rotatable bonds is 9. The van der Waals surface area contributed by atoms with Crippen molar-refractivity contribution in [3.8, 4) is 11.5 Å². The first-order valence-electron chi connectivity index (χ1n) is 9.39. The van der Waals surface area contributed by atoms with Crippen LogP contribution in [0.5, 0.6) is 11.5 Å². The predicted octanol–water partition coefficient (Wildman–Crippen LogP) is 3.37. The molecule has 0 aromatic heterocycles. The van der Waals surface area contributed by atoms with E-state index in [0.29, 0.717) is 31.1 Å². The molecule has 1 aliphatic rings. The zero-order valence-corrected chi connectivity index (χ0v) is 17.6. The minimum Gasteiger partial charge on any atom is -0.493 e. The van der Waals surface area contributed by atoms with Crippen LogP contribution < -0.4 is 9.47 Å². The quantitative estimate of drug-likeness (QED) is 0.458. The number of ether oxygens (including phenoxy) is 3. The number of allylic oxidation sites excluding steroid dienone is 1. The average molecular weight is 412 g/mol. The molecule has 1 aliphatic heterocycles. The Morgan fingerprint density at radius 1 is 1.14 bits per heavy atom. The van der Waals surface area contributed by atoms with Crippen LogP contribution in [0.1, 0.15) is 31.7 Å². The van der Waals surface area contributed by atoms with Crippen LogP contribution in [0.2, 0.25) is 0 Å². The monoisotopic (exact) mass is 411 g/mol. The number of nitrogens with zero attached hydrogens (tertiary/aromatic N) is 1. The number of hydrogen-bond donors (Lipinski definition) is 0. The van der Waals surface area contributed by atoms with Gasteiger partial charge in [0, 0.05) is 13.0 Å². The van der Waals surface area contributed by atoms with Crippen molar-refractivity contribution in [1.29, 1.82) is 0 Å². The molecule has 0 saturated carbocycles. The minimum atomic E-state index is -0.0916. The lowest BCUT2D eigenvalue weighted by atomic mass is 9.97. The Balaban J connectivity index is 0.00000392. The van der Waals surface area contributed by atoms with Crippen LogP contribution in [-0.2, 0) is 14.3 Å². The average Bonchev–Trinajstić information content (AvgIpc) is 2.71. The molecular formula is C21H30ClNO5. The third-order valence-corrected chi connectivity index (χ3v) is 4.75. The lowest BCUT2D eigenvalue weighted by molar-refractivity contribution is -0.149. The highest BCUT2D eigenvalue weighted by Gasteiger charge is 2.25. The van der Waals surface area contributed by atoms with Gasteiger partial charge in [0.1, 0.15) is 0 Å². The summed E-state index contributed by atoms with van der Waals surface area (Å²) in [5.41, 5.74) is 0.885. The summed E-state index contributed by atoms with van der Waals surface area (Å²) >= 11 is 0. The van der Waals surface area contributed by atoms with Crippen molar-refractivity contribution in [3.63, 3.8) is 0 Å². The van der Waals surface area contributed by atoms with Crippen molar-refractivity contribution in [2.24, 2.45) is 5.92 Å². The fourth-order valence-electron chi connectivity index (χ4n) is 3.15. The van der Waals surface area contributed by atoms with E-state index < -0.39 is 0 Å². The van der Waals surface area contributed by atoms with Crippen LogP contribution in [0.15, 0.2) is 24.3 Å². The van der Waals surface area contributed by atoms with Crippen molar-refractivity contribution in [3.05, 3.63) is 29.8 Å². The number of esters is 1. The molecule has 0 radical (unpaired) electrons. The second-order valence-electron chi connectivity index (χ2n) is 6.53. The molecule has 28 heavy (non-hydrogen) atoms. The fraction of sp³-hybridized carbons (Fsp3) is 0.524. The molecule has 6 nitrogen and oxygen atoms in total. The summed E-state index contributed by atoms with van der Waals surface area (Å²) in [7, 11) is 3.17. The largest absolute Gasteiger partial charge is 0.493 e. The third-order valence-electron chi connectivity index (χ3n) is 4.75. The molecule has 1 saturated heterocycles. The number of benzene rings is 1. The molecule has 1 aromatic carbocycles. The van der Waals surface area contributed by atoms with E-state index >= 15 is 0 Å². The maximum Gasteiger partial charge on any atom is 0.309 e. The van der Waals surface area contributed by atoms with E-state index in [0.717, 1.165) is 31.5 Å². The maximum atomic E-state index is 12.2. The minimum absolute atomic E-state index is 0. The van der Waals surface area contributed by atoms with Crippen LogP contribution in [0, 0.1) is 5.92 Å². The van der Waals surface area contributed by atoms with Crippen LogP contribution >= 0.6 is 12.4 Å². The van der Waals surface area contributed by atoms with Crippen LogP contribution in [0.3, 0.4) is 0 Å². The van der Waals surface area contributed by atoms with E-state index in [1.54, 1.807) is 26.4 Å². The van der Waals surface area contributed by atoms with Crippen molar-refractivity contribution < 1.29 is 23.8 Å². The van der Waals surface area contributed by atoms with Gasteiger partial charge in [0.05, 0.1) is 26.7 Å². The van der Waals surface area contributed by atoms with Gasteiger partial charge in [-0.15, -0.1) is 12.4 Å². The van der Waals surface area contributed by atoms with Gasteiger partial charge in [-0.25, -0.2) is 0 Å². The number of halogens is 1. The molecule has 1 heterocycles. The zero-order valence-electron chi connectivity index (χ0n) is 16.8. The molecule has 0 atom stereocenters. The van der Waals surface area contributed by atoms with Crippen LogP contribution in [0.25, 0.3) is 6.08 Å². The van der Waals surface area contributed by atoms with Gasteiger partial charge in [0.25, 0.3) is 0 Å². The van der Waals surface area contributed by atoms with Crippen LogP contribution in [-0.4, -0.2) is 57.1 Å². The van der Waals surface area contributed by atoms with E-state index in [9.17, 15) is 9.59 Å². The first-order chi connectivity index (χ1) is 13.1. The molecule has 2 rings (SSSR count). The van der Waals surface area contributed by atoms with E-state index in [-0.39, 0.29) is 30.1 Å². The number of ketones is 1. The van der Waals surface area contributed by atoms with Gasteiger partial charge in [-0.3, -0.25) is 9.59 Å². The summed E-state index contributed by atoms with van der Waals surface area (Å²) in [4.78, 5) is 26.1. The summed E-state index contributed by atoms with van der Waals surface area (Å²) in [6.07, 6.45) is 5.46. The summed E-state index contributed by atoms with van der Waals surface area (Å²) < 4.78 is 15.6. The number of piperidine rings is 1. The normalized spacial score (nSPS) is 15.1. The zero-order chi connectivity index (χ0) is 19.6. The highest BCUT2D eigenvalue weighted by Crippen LogP contribution is 2.28. The van der Waals surface area contributed by atoms with E-state index in [4.69, 9.17) is 14.2 Å². The Labute approximate surface area is 173 Å². The second-order valence-corrected chi connectivity index (χ2v) is 6.53. The van der Waals surface area contributed by atoms with Gasteiger partial charge in [0.15, 0.2) is 17.3 Å². The Morgan fingerprint density at radius 2 is 1.82 bits per heavy atom. The Morgan fingerprint density at radius 3 is 2.43 bits per heavy atom. The molecule has 0 aliphatic carbocycles. The van der Waals surface area contributed by atoms with Crippen molar-refractivity contribution in [1.82, 2.24) is 4.90 Å². The number of carbonyl (C=O) groups is 2. The maximum absolute atomic E-state index is 12.2. The summed E-state index contributed by atoms with van der Waals surface area (Å²) in [5, 5.41) is 0. The van der Waals surface area contributed by atoms with Crippen molar-refractivity contribution >= 4 is 30.2 Å². The fourth-order valence-corrected chi connectivity index (χ4v) is 3.15. The Hall–Kier alpha value is -2.05. The molecule has 0 spiro atoms. The standard InChI is InChI=1S/C21H29NO5.ClH/c1-4-27-21(24)17-9-12-22(13-10-17)14-11-18(23)7-5-16-6-8-19(25-2)20(15-16)26-3;/h5-8,15,17H,4,9-14H2,1-3H3;1H/b7-5+;. The third kappa shape index (κ3) is 7.17. The first kappa shape index (κ1) is 24.0. The van der Waals surface area contributed by atoms with Crippen molar-refractivity contribution in [2.45, 2.75) is 26.2 Å². The van der Waals surface area contributed by atoms with Crippen LogP contribution in [0.4, 0.5) is 0 Å². The smallest absolute Gasteiger partial charge is 0.309 e. The molecule has 0 amide bonds. The van der Waals surface area contributed by atoms with Gasteiger partial charge in [-0.05, 0) is 56.6 Å². The Bertz CT molecular complexity index is 669. The summed E-state index contributed by atoms with van der Waals surface area (Å²) in [5.74, 6) is 1.29. The topological polar surface area (TPSA) is 65.1 Å². The number of carbonyl (C=O) groups excluding carboxylic acids is 2. The molecule has 7 heteroatoms. The SMILES string of the molecule is CCOC(=O)C1CCN(CCC(=O)/C=C/c2ccc(OC)c(OC)c2)CC1.Cl. The Kier molecular flexibility index (Phi) is 10.6. The van der Waals surface area contributed by atoms with Gasteiger partial charge >= 0.3 is 5.97 Å². The molecule has 1 fully saturated rings. The summed E-state index contributed by atoms with van der Waals surface area (Å²) in [6.45, 7) is 4.63. The van der Waals surface area contributed by atoms with Gasteiger partial charge in [-0.2, -0.15) is 0 Å².